The molecule has 0 unspecified atom stereocenters. The van der Waals surface area contributed by atoms with E-state index >= 15 is 0 Å². The summed E-state index contributed by atoms with van der Waals surface area (Å²) in [7, 11) is 3.21. The predicted octanol–water partition coefficient (Wildman–Crippen LogP) is 1.70. The summed E-state index contributed by atoms with van der Waals surface area (Å²) in [5, 5.41) is 0. The highest BCUT2D eigenvalue weighted by Gasteiger charge is 2.23. The topological polar surface area (TPSA) is 64.8 Å². The number of nitrogen functional groups attached to an aromatic ring is 1. The number of methoxy groups -OCH3 is 2. The second-order valence-electron chi connectivity index (χ2n) is 4.72. The molecule has 108 valence electrons. The van der Waals surface area contributed by atoms with Crippen LogP contribution in [0.1, 0.15) is 16.8 Å². The standard InChI is InChI=1S/C15H20N2O3/c1-19-10-11-6-8-17(9-7-11)15(18)14-12(16)4-3-5-13(14)20-2/h3-6H,7-10,16H2,1-2H3. The average Bonchev–Trinajstić information content (AvgIpc) is 2.47. The molecule has 1 amide bonds. The molecule has 0 aromatic heterocycles. The molecule has 0 saturated carbocycles. The summed E-state index contributed by atoms with van der Waals surface area (Å²) >= 11 is 0. The molecule has 20 heavy (non-hydrogen) atoms. The van der Waals surface area contributed by atoms with E-state index in [1.165, 1.54) is 5.57 Å². The Morgan fingerprint density at radius 3 is 2.80 bits per heavy atom. The van der Waals surface area contributed by atoms with E-state index in [0.717, 1.165) is 6.42 Å². The van der Waals surface area contributed by atoms with Gasteiger partial charge in [-0.2, -0.15) is 0 Å². The third-order valence-electron chi connectivity index (χ3n) is 3.41. The van der Waals surface area contributed by atoms with Crippen LogP contribution in [0, 0.1) is 0 Å². The molecule has 1 heterocycles. The Labute approximate surface area is 119 Å². The molecular weight excluding hydrogens is 256 g/mol. The maximum atomic E-state index is 12.6. The van der Waals surface area contributed by atoms with Gasteiger partial charge in [0.05, 0.1) is 13.7 Å². The minimum Gasteiger partial charge on any atom is -0.496 e. The SMILES string of the molecule is COCC1=CCN(C(=O)c2c(N)cccc2OC)CC1. The lowest BCUT2D eigenvalue weighted by atomic mass is 10.1. The highest BCUT2D eigenvalue weighted by molar-refractivity contribution is 6.02. The van der Waals surface area contributed by atoms with Gasteiger partial charge in [-0.1, -0.05) is 12.1 Å². The van der Waals surface area contributed by atoms with Crippen LogP contribution in [0.5, 0.6) is 5.75 Å². The van der Waals surface area contributed by atoms with E-state index in [9.17, 15) is 4.79 Å². The lowest BCUT2D eigenvalue weighted by Gasteiger charge is -2.27. The third-order valence-corrected chi connectivity index (χ3v) is 3.41. The van der Waals surface area contributed by atoms with Crippen molar-refractivity contribution in [2.75, 3.05) is 39.6 Å². The first kappa shape index (κ1) is 14.4. The maximum Gasteiger partial charge on any atom is 0.260 e. The predicted molar refractivity (Wildman–Crippen MR) is 77.9 cm³/mol. The molecule has 0 atom stereocenters. The second kappa shape index (κ2) is 6.43. The number of hydrogen-bond donors (Lipinski definition) is 1. The second-order valence-corrected chi connectivity index (χ2v) is 4.72. The summed E-state index contributed by atoms with van der Waals surface area (Å²) in [5.74, 6) is 0.425. The first-order chi connectivity index (χ1) is 9.67. The van der Waals surface area contributed by atoms with Crippen LogP contribution in [-0.4, -0.2) is 44.7 Å². The van der Waals surface area contributed by atoms with Crippen LogP contribution in [0.15, 0.2) is 29.8 Å². The molecule has 1 aromatic carbocycles. The Morgan fingerprint density at radius 1 is 1.40 bits per heavy atom. The van der Waals surface area contributed by atoms with Crippen LogP contribution < -0.4 is 10.5 Å². The van der Waals surface area contributed by atoms with E-state index in [0.29, 0.717) is 36.7 Å². The van der Waals surface area contributed by atoms with E-state index < -0.39 is 0 Å². The minimum absolute atomic E-state index is 0.0901. The van der Waals surface area contributed by atoms with Crippen molar-refractivity contribution in [3.05, 3.63) is 35.4 Å². The Hall–Kier alpha value is -2.01. The fourth-order valence-corrected chi connectivity index (χ4v) is 2.32. The summed E-state index contributed by atoms with van der Waals surface area (Å²) in [6.07, 6.45) is 2.87. The van der Waals surface area contributed by atoms with Crippen molar-refractivity contribution in [1.29, 1.82) is 0 Å². The number of anilines is 1. The largest absolute Gasteiger partial charge is 0.496 e. The first-order valence-corrected chi connectivity index (χ1v) is 6.56. The number of hydrogen-bond acceptors (Lipinski definition) is 4. The van der Waals surface area contributed by atoms with Gasteiger partial charge in [0, 0.05) is 25.9 Å². The quantitative estimate of drug-likeness (QED) is 0.671. The number of amides is 1. The molecule has 0 fully saturated rings. The smallest absolute Gasteiger partial charge is 0.260 e. The average molecular weight is 276 g/mol. The molecule has 5 nitrogen and oxygen atoms in total. The molecular formula is C15H20N2O3. The zero-order valence-corrected chi connectivity index (χ0v) is 11.9. The fraction of sp³-hybridized carbons (Fsp3) is 0.400. The summed E-state index contributed by atoms with van der Waals surface area (Å²) in [6.45, 7) is 1.87. The van der Waals surface area contributed by atoms with E-state index in [-0.39, 0.29) is 5.91 Å². The first-order valence-electron chi connectivity index (χ1n) is 6.56. The zero-order valence-electron chi connectivity index (χ0n) is 11.9. The molecule has 0 bridgehead atoms. The monoisotopic (exact) mass is 276 g/mol. The molecule has 1 aromatic rings. The zero-order chi connectivity index (χ0) is 14.5. The minimum atomic E-state index is -0.0901. The molecule has 1 aliphatic heterocycles. The van der Waals surface area contributed by atoms with Crippen LogP contribution in [0.4, 0.5) is 5.69 Å². The van der Waals surface area contributed by atoms with Gasteiger partial charge < -0.3 is 20.1 Å². The Balaban J connectivity index is 2.17. The molecule has 0 saturated heterocycles. The number of nitrogens with zero attached hydrogens (tertiary/aromatic N) is 1. The molecule has 2 N–H and O–H groups in total. The number of benzene rings is 1. The van der Waals surface area contributed by atoms with Crippen LogP contribution in [0.3, 0.4) is 0 Å². The van der Waals surface area contributed by atoms with Crippen molar-refractivity contribution in [3.63, 3.8) is 0 Å². The Morgan fingerprint density at radius 2 is 2.20 bits per heavy atom. The summed E-state index contributed by atoms with van der Waals surface area (Å²) < 4.78 is 10.3. The van der Waals surface area contributed by atoms with Gasteiger partial charge in [0.1, 0.15) is 11.3 Å². The molecule has 2 rings (SSSR count). The number of nitrogens with two attached hydrogens (primary N) is 1. The summed E-state index contributed by atoms with van der Waals surface area (Å²) in [4.78, 5) is 14.3. The number of carbonyl (C=O) groups excluding carboxylic acids is 1. The fourth-order valence-electron chi connectivity index (χ4n) is 2.32. The Bertz CT molecular complexity index is 526. The van der Waals surface area contributed by atoms with Crippen LogP contribution in [-0.2, 0) is 4.74 Å². The third kappa shape index (κ3) is 2.93. The van der Waals surface area contributed by atoms with E-state index in [1.807, 2.05) is 6.08 Å². The van der Waals surface area contributed by atoms with Crippen molar-refractivity contribution in [2.24, 2.45) is 0 Å². The van der Waals surface area contributed by atoms with Crippen molar-refractivity contribution < 1.29 is 14.3 Å². The highest BCUT2D eigenvalue weighted by atomic mass is 16.5. The number of carbonyl (C=O) groups is 1. The normalized spacial score (nSPS) is 14.9. The summed E-state index contributed by atoms with van der Waals surface area (Å²) in [6, 6.07) is 5.24. The molecule has 0 radical (unpaired) electrons. The highest BCUT2D eigenvalue weighted by Crippen LogP contribution is 2.26. The van der Waals surface area contributed by atoms with Gasteiger partial charge in [0.2, 0.25) is 0 Å². The number of ether oxygens (including phenoxy) is 2. The van der Waals surface area contributed by atoms with Gasteiger partial charge in [-0.15, -0.1) is 0 Å². The van der Waals surface area contributed by atoms with Crippen LogP contribution in [0.25, 0.3) is 0 Å². The van der Waals surface area contributed by atoms with Crippen LogP contribution >= 0.6 is 0 Å². The maximum absolute atomic E-state index is 12.6. The van der Waals surface area contributed by atoms with Crippen molar-refractivity contribution >= 4 is 11.6 Å². The molecule has 1 aliphatic rings. The number of rotatable bonds is 4. The van der Waals surface area contributed by atoms with Crippen LogP contribution in [0.2, 0.25) is 0 Å². The van der Waals surface area contributed by atoms with Gasteiger partial charge in [-0.3, -0.25) is 4.79 Å². The van der Waals surface area contributed by atoms with E-state index in [4.69, 9.17) is 15.2 Å². The summed E-state index contributed by atoms with van der Waals surface area (Å²) in [5.41, 5.74) is 8.03. The van der Waals surface area contributed by atoms with E-state index in [2.05, 4.69) is 0 Å². The lowest BCUT2D eigenvalue weighted by Crippen LogP contribution is -2.36. The van der Waals surface area contributed by atoms with Crippen molar-refractivity contribution in [3.8, 4) is 5.75 Å². The van der Waals surface area contributed by atoms with E-state index in [1.54, 1.807) is 37.3 Å². The van der Waals surface area contributed by atoms with Gasteiger partial charge >= 0.3 is 0 Å². The van der Waals surface area contributed by atoms with Gasteiger partial charge in [-0.05, 0) is 24.1 Å². The lowest BCUT2D eigenvalue weighted by molar-refractivity contribution is 0.0762. The van der Waals surface area contributed by atoms with Crippen molar-refractivity contribution in [2.45, 2.75) is 6.42 Å². The molecule has 0 spiro atoms. The van der Waals surface area contributed by atoms with Gasteiger partial charge in [0.25, 0.3) is 5.91 Å². The molecule has 0 aliphatic carbocycles. The van der Waals surface area contributed by atoms with Gasteiger partial charge in [0.15, 0.2) is 0 Å². The van der Waals surface area contributed by atoms with Gasteiger partial charge in [-0.25, -0.2) is 0 Å². The Kier molecular flexibility index (Phi) is 4.63. The molecule has 5 heteroatoms. The van der Waals surface area contributed by atoms with Crippen molar-refractivity contribution in [1.82, 2.24) is 4.90 Å².